The number of carbonyl (C=O) groups excluding carboxylic acids is 1. The molecule has 1 heterocycles. The number of hydrogen-bond acceptors (Lipinski definition) is 2. The van der Waals surface area contributed by atoms with Gasteiger partial charge in [-0.2, -0.15) is 0 Å². The van der Waals surface area contributed by atoms with Gasteiger partial charge in [0, 0.05) is 25.4 Å². The van der Waals surface area contributed by atoms with Gasteiger partial charge in [-0.1, -0.05) is 30.3 Å². The summed E-state index contributed by atoms with van der Waals surface area (Å²) >= 11 is 3.27. The number of aromatic nitrogens is 1. The Balaban J connectivity index is 1.96. The summed E-state index contributed by atoms with van der Waals surface area (Å²) in [5.41, 5.74) is 1.88. The van der Waals surface area contributed by atoms with Crippen LogP contribution >= 0.6 is 15.9 Å². The number of hydrogen-bond donors (Lipinski definition) is 0. The van der Waals surface area contributed by atoms with Crippen molar-refractivity contribution in [3.63, 3.8) is 0 Å². The van der Waals surface area contributed by atoms with E-state index < -0.39 is 0 Å². The summed E-state index contributed by atoms with van der Waals surface area (Å²) in [6.07, 6.45) is 2.48. The van der Waals surface area contributed by atoms with Crippen LogP contribution in [0.4, 0.5) is 0 Å². The molecular formula is C15H15BrN2O. The Morgan fingerprint density at radius 1 is 1.26 bits per heavy atom. The number of likely N-dealkylation sites (N-methyl/N-ethyl adjacent to an activating group) is 1. The van der Waals surface area contributed by atoms with Crippen molar-refractivity contribution >= 4 is 21.8 Å². The first-order chi connectivity index (χ1) is 9.16. The molecule has 1 aromatic carbocycles. The quantitative estimate of drug-likeness (QED) is 0.811. The summed E-state index contributed by atoms with van der Waals surface area (Å²) in [7, 11) is 1.82. The molecule has 0 fully saturated rings. The summed E-state index contributed by atoms with van der Waals surface area (Å²) in [6, 6.07) is 13.6. The largest absolute Gasteiger partial charge is 0.341 e. The summed E-state index contributed by atoms with van der Waals surface area (Å²) < 4.78 is 0.676. The van der Waals surface area contributed by atoms with Crippen molar-refractivity contribution in [1.29, 1.82) is 0 Å². The van der Waals surface area contributed by atoms with Crippen LogP contribution in [0.5, 0.6) is 0 Å². The van der Waals surface area contributed by atoms with E-state index >= 15 is 0 Å². The van der Waals surface area contributed by atoms with Gasteiger partial charge in [0.25, 0.3) is 5.91 Å². The SMILES string of the molecule is CN(CCc1ccccc1)C(=O)c1ccnc(Br)c1. The van der Waals surface area contributed by atoms with Crippen LogP contribution in [0.3, 0.4) is 0 Å². The third-order valence-corrected chi connectivity index (χ3v) is 3.33. The van der Waals surface area contributed by atoms with Crippen molar-refractivity contribution in [1.82, 2.24) is 9.88 Å². The lowest BCUT2D eigenvalue weighted by Gasteiger charge is -2.17. The molecule has 0 aliphatic carbocycles. The molecule has 4 heteroatoms. The Morgan fingerprint density at radius 3 is 2.68 bits per heavy atom. The second kappa shape index (κ2) is 6.48. The molecule has 0 aliphatic heterocycles. The Kier molecular flexibility index (Phi) is 4.68. The second-order valence-electron chi connectivity index (χ2n) is 4.33. The van der Waals surface area contributed by atoms with Crippen molar-refractivity contribution in [2.75, 3.05) is 13.6 Å². The second-order valence-corrected chi connectivity index (χ2v) is 5.14. The van der Waals surface area contributed by atoms with E-state index in [0.29, 0.717) is 16.7 Å². The molecule has 0 atom stereocenters. The lowest BCUT2D eigenvalue weighted by atomic mass is 10.1. The van der Waals surface area contributed by atoms with E-state index in [0.717, 1.165) is 6.42 Å². The van der Waals surface area contributed by atoms with E-state index in [1.807, 2.05) is 25.2 Å². The summed E-state index contributed by atoms with van der Waals surface area (Å²) in [6.45, 7) is 0.697. The third kappa shape index (κ3) is 3.89. The molecule has 3 nitrogen and oxygen atoms in total. The Morgan fingerprint density at radius 2 is 2.00 bits per heavy atom. The van der Waals surface area contributed by atoms with Gasteiger partial charge < -0.3 is 4.90 Å². The fourth-order valence-corrected chi connectivity index (χ4v) is 2.16. The van der Waals surface area contributed by atoms with Crippen molar-refractivity contribution in [3.05, 3.63) is 64.4 Å². The van der Waals surface area contributed by atoms with Gasteiger partial charge in [-0.3, -0.25) is 4.79 Å². The number of rotatable bonds is 4. The van der Waals surface area contributed by atoms with Gasteiger partial charge in [0.2, 0.25) is 0 Å². The number of carbonyl (C=O) groups is 1. The van der Waals surface area contributed by atoms with Crippen LogP contribution in [0, 0.1) is 0 Å². The molecule has 0 N–H and O–H groups in total. The molecule has 0 aliphatic rings. The predicted octanol–water partition coefficient (Wildman–Crippen LogP) is 3.16. The van der Waals surface area contributed by atoms with E-state index in [1.165, 1.54) is 5.56 Å². The fourth-order valence-electron chi connectivity index (χ4n) is 1.80. The van der Waals surface area contributed by atoms with Gasteiger partial charge in [-0.25, -0.2) is 4.98 Å². The minimum Gasteiger partial charge on any atom is -0.341 e. The van der Waals surface area contributed by atoms with E-state index in [9.17, 15) is 4.79 Å². The standard InChI is InChI=1S/C15H15BrN2O/c1-18(10-8-12-5-3-2-4-6-12)15(19)13-7-9-17-14(16)11-13/h2-7,9,11H,8,10H2,1H3. The van der Waals surface area contributed by atoms with Crippen molar-refractivity contribution < 1.29 is 4.79 Å². The molecule has 0 saturated heterocycles. The van der Waals surface area contributed by atoms with E-state index in [4.69, 9.17) is 0 Å². The Labute approximate surface area is 121 Å². The highest BCUT2D eigenvalue weighted by molar-refractivity contribution is 9.10. The van der Waals surface area contributed by atoms with Crippen LogP contribution < -0.4 is 0 Å². The predicted molar refractivity (Wildman–Crippen MR) is 79.0 cm³/mol. The smallest absolute Gasteiger partial charge is 0.253 e. The zero-order valence-corrected chi connectivity index (χ0v) is 12.3. The van der Waals surface area contributed by atoms with Crippen LogP contribution in [-0.2, 0) is 6.42 Å². The Hall–Kier alpha value is -1.68. The van der Waals surface area contributed by atoms with Gasteiger partial charge in [-0.05, 0) is 40.0 Å². The topological polar surface area (TPSA) is 33.2 Å². The van der Waals surface area contributed by atoms with Gasteiger partial charge >= 0.3 is 0 Å². The average Bonchev–Trinajstić information content (AvgIpc) is 2.45. The van der Waals surface area contributed by atoms with Crippen molar-refractivity contribution in [2.24, 2.45) is 0 Å². The molecule has 1 amide bonds. The molecule has 19 heavy (non-hydrogen) atoms. The highest BCUT2D eigenvalue weighted by Crippen LogP contribution is 2.10. The first kappa shape index (κ1) is 13.7. The monoisotopic (exact) mass is 318 g/mol. The number of nitrogens with zero attached hydrogens (tertiary/aromatic N) is 2. The summed E-state index contributed by atoms with van der Waals surface area (Å²) in [5.74, 6) is 0.0130. The van der Waals surface area contributed by atoms with Crippen molar-refractivity contribution in [3.8, 4) is 0 Å². The molecule has 1 aromatic heterocycles. The Bertz CT molecular complexity index is 557. The van der Waals surface area contributed by atoms with Gasteiger partial charge in [0.1, 0.15) is 4.60 Å². The van der Waals surface area contributed by atoms with Crippen LogP contribution in [-0.4, -0.2) is 29.4 Å². The van der Waals surface area contributed by atoms with Gasteiger partial charge in [0.15, 0.2) is 0 Å². The molecule has 0 radical (unpaired) electrons. The normalized spacial score (nSPS) is 10.2. The molecule has 0 unspecified atom stereocenters. The minimum absolute atomic E-state index is 0.0130. The maximum Gasteiger partial charge on any atom is 0.253 e. The summed E-state index contributed by atoms with van der Waals surface area (Å²) in [4.78, 5) is 17.9. The van der Waals surface area contributed by atoms with Crippen molar-refractivity contribution in [2.45, 2.75) is 6.42 Å². The maximum atomic E-state index is 12.2. The third-order valence-electron chi connectivity index (χ3n) is 2.90. The molecule has 0 bridgehead atoms. The number of halogens is 1. The number of pyridine rings is 1. The summed E-state index contributed by atoms with van der Waals surface area (Å²) in [5, 5.41) is 0. The lowest BCUT2D eigenvalue weighted by Crippen LogP contribution is -2.28. The lowest BCUT2D eigenvalue weighted by molar-refractivity contribution is 0.0796. The van der Waals surface area contributed by atoms with Crippen LogP contribution in [0.1, 0.15) is 15.9 Å². The van der Waals surface area contributed by atoms with Gasteiger partial charge in [-0.15, -0.1) is 0 Å². The highest BCUT2D eigenvalue weighted by Gasteiger charge is 2.11. The molecule has 2 aromatic rings. The zero-order valence-electron chi connectivity index (χ0n) is 10.7. The van der Waals surface area contributed by atoms with Crippen LogP contribution in [0.2, 0.25) is 0 Å². The molecule has 98 valence electrons. The van der Waals surface area contributed by atoms with Crippen LogP contribution in [0.25, 0.3) is 0 Å². The van der Waals surface area contributed by atoms with E-state index in [-0.39, 0.29) is 5.91 Å². The first-order valence-electron chi connectivity index (χ1n) is 6.08. The maximum absolute atomic E-state index is 12.2. The highest BCUT2D eigenvalue weighted by atomic mass is 79.9. The number of amides is 1. The molecule has 0 saturated carbocycles. The zero-order chi connectivity index (χ0) is 13.7. The van der Waals surface area contributed by atoms with Crippen LogP contribution in [0.15, 0.2) is 53.3 Å². The minimum atomic E-state index is 0.0130. The van der Waals surface area contributed by atoms with E-state index in [2.05, 4.69) is 33.0 Å². The number of benzene rings is 1. The molecule has 2 rings (SSSR count). The molecular weight excluding hydrogens is 304 g/mol. The van der Waals surface area contributed by atoms with E-state index in [1.54, 1.807) is 23.2 Å². The fraction of sp³-hybridized carbons (Fsp3) is 0.200. The first-order valence-corrected chi connectivity index (χ1v) is 6.87. The molecule has 0 spiro atoms. The van der Waals surface area contributed by atoms with Gasteiger partial charge in [0.05, 0.1) is 0 Å². The average molecular weight is 319 g/mol.